The molecule has 12 nitrogen and oxygen atoms in total. The van der Waals surface area contributed by atoms with Gasteiger partial charge in [0.25, 0.3) is 16.8 Å². The fourth-order valence-electron chi connectivity index (χ4n) is 7.50. The third kappa shape index (κ3) is 23.3. The Kier molecular flexibility index (Phi) is 31.8. The minimum absolute atomic E-state index is 0.0637. The lowest BCUT2D eigenvalue weighted by atomic mass is 9.80. The zero-order chi connectivity index (χ0) is 68.7. The number of esters is 4. The van der Waals surface area contributed by atoms with Crippen LogP contribution in [0, 0.1) is 35.5 Å². The van der Waals surface area contributed by atoms with Crippen molar-refractivity contribution < 1.29 is 151 Å². The van der Waals surface area contributed by atoms with E-state index in [2.05, 4.69) is 9.47 Å². The molecule has 0 aliphatic heterocycles. The van der Waals surface area contributed by atoms with E-state index in [0.717, 1.165) is 6.42 Å². The molecule has 1 aliphatic rings. The molecule has 7 atom stereocenters. The largest absolute Gasteiger partial charge is 0.462 e. The van der Waals surface area contributed by atoms with Gasteiger partial charge in [0.1, 0.15) is 12.2 Å². The van der Waals surface area contributed by atoms with E-state index in [0.29, 0.717) is 73.1 Å². The first kappa shape index (κ1) is 85.5. The fraction of sp³-hybridized carbons (Fsp3) is 0.923. The molecular formula is C52H81F21O12. The van der Waals surface area contributed by atoms with Crippen molar-refractivity contribution in [1.29, 1.82) is 0 Å². The summed E-state index contributed by atoms with van der Waals surface area (Å²) >= 11 is 0. The van der Waals surface area contributed by atoms with E-state index >= 15 is 0 Å². The first-order valence-electron chi connectivity index (χ1n) is 26.7. The number of halogens is 21. The van der Waals surface area contributed by atoms with Crippen molar-refractivity contribution in [3.05, 3.63) is 0 Å². The van der Waals surface area contributed by atoms with E-state index in [-0.39, 0.29) is 31.1 Å². The second kappa shape index (κ2) is 31.6. The SMILES string of the molecule is CCC(C)C(=O)OC(C)(C)C(O)(C(F)(F)F)C(F)(F)F.CCC(C)C(=O)OC(C)(C)C(O)(C(F)(F)F)C(F)(F)F.CCC(C)C(=O)OC(CC(C)C)CC(C)(O)C(F)(F)F.CCC(C)C(=O)OC(CC(O)(C(F)(F)F)C(F)(F)F)C1CCCCC1. The van der Waals surface area contributed by atoms with Crippen LogP contribution >= 0.6 is 0 Å². The lowest BCUT2D eigenvalue weighted by molar-refractivity contribution is -0.408. The maximum atomic E-state index is 13.0. The van der Waals surface area contributed by atoms with Gasteiger partial charge in [-0.1, -0.05) is 88.5 Å². The zero-order valence-electron chi connectivity index (χ0n) is 49.6. The Morgan fingerprint density at radius 3 is 0.941 bits per heavy atom. The summed E-state index contributed by atoms with van der Waals surface area (Å²) < 4.78 is 287. The van der Waals surface area contributed by atoms with Crippen LogP contribution in [-0.4, -0.2) is 133 Å². The maximum absolute atomic E-state index is 13.0. The van der Waals surface area contributed by atoms with Gasteiger partial charge in [-0.2, -0.15) is 92.2 Å². The average Bonchev–Trinajstić information content (AvgIpc) is 3.31. The number of rotatable bonds is 21. The average molecular weight is 1300 g/mol. The van der Waals surface area contributed by atoms with Crippen molar-refractivity contribution in [3.63, 3.8) is 0 Å². The van der Waals surface area contributed by atoms with Gasteiger partial charge >= 0.3 is 67.1 Å². The lowest BCUT2D eigenvalue weighted by Gasteiger charge is -2.43. The summed E-state index contributed by atoms with van der Waals surface area (Å²) in [5.41, 5.74) is -24.5. The smallest absolute Gasteiger partial charge is 0.430 e. The minimum Gasteiger partial charge on any atom is -0.462 e. The van der Waals surface area contributed by atoms with Crippen molar-refractivity contribution in [1.82, 2.24) is 0 Å². The van der Waals surface area contributed by atoms with E-state index in [1.165, 1.54) is 34.6 Å². The van der Waals surface area contributed by atoms with Crippen LogP contribution in [0.5, 0.6) is 0 Å². The normalized spacial score (nSPS) is 17.8. The molecule has 0 radical (unpaired) electrons. The summed E-state index contributed by atoms with van der Waals surface area (Å²) in [7, 11) is 0. The number of carbonyl (C=O) groups excluding carboxylic acids is 4. The Balaban J connectivity index is -0.00000106. The number of hydrogen-bond acceptors (Lipinski definition) is 12. The van der Waals surface area contributed by atoms with E-state index in [1.54, 1.807) is 20.8 Å². The Labute approximate surface area is 479 Å². The second-order valence-electron chi connectivity index (χ2n) is 22.6. The number of carbonyl (C=O) groups is 4. The standard InChI is InChI=1S/C16H24F6O3.C14H25F3O3.2C11H16F6O3/c1-3-10(2)13(23)25-12(11-7-5-4-6-8-11)9-14(24,15(17,18)19)16(20,21)22;1-6-10(4)12(18)20-11(7-9(2)3)8-13(5,19)14(15,16)17;2*1-5-6(2)7(18)20-8(3,4)9(19,10(12,13)14)11(15,16)17/h10-12,24H,3-9H2,1-2H3;9-11,19H,6-8H2,1-5H3;2*6,19H,5H2,1-4H3. The van der Waals surface area contributed by atoms with Crippen LogP contribution in [0.25, 0.3) is 0 Å². The Hall–Kier alpha value is -3.75. The molecule has 1 saturated carbocycles. The number of hydrogen-bond donors (Lipinski definition) is 4. The molecule has 0 spiro atoms. The van der Waals surface area contributed by atoms with Crippen molar-refractivity contribution in [3.8, 4) is 0 Å². The highest BCUT2D eigenvalue weighted by Gasteiger charge is 2.80. The molecule has 85 heavy (non-hydrogen) atoms. The quantitative estimate of drug-likeness (QED) is 0.0485. The topological polar surface area (TPSA) is 186 Å². The van der Waals surface area contributed by atoms with Crippen LogP contribution in [0.4, 0.5) is 92.2 Å². The van der Waals surface area contributed by atoms with Gasteiger partial charge in [0, 0.05) is 12.8 Å². The Morgan fingerprint density at radius 2 is 0.694 bits per heavy atom. The van der Waals surface area contributed by atoms with Gasteiger partial charge in [-0.3, -0.25) is 19.2 Å². The molecule has 1 aliphatic carbocycles. The van der Waals surface area contributed by atoms with Gasteiger partial charge in [-0.05, 0) is 91.4 Å². The summed E-state index contributed by atoms with van der Waals surface area (Å²) in [5, 5.41) is 37.4. The van der Waals surface area contributed by atoms with E-state index in [1.807, 2.05) is 13.8 Å². The number of alkyl halides is 21. The lowest BCUT2D eigenvalue weighted by Crippen LogP contribution is -2.70. The highest BCUT2D eigenvalue weighted by atomic mass is 19.4. The molecule has 0 aromatic rings. The summed E-state index contributed by atoms with van der Waals surface area (Å²) in [4.78, 5) is 46.5. The maximum Gasteiger partial charge on any atom is 0.430 e. The van der Waals surface area contributed by atoms with Crippen LogP contribution in [0.3, 0.4) is 0 Å². The highest BCUT2D eigenvalue weighted by Crippen LogP contribution is 2.53. The van der Waals surface area contributed by atoms with Crippen LogP contribution in [-0.2, 0) is 38.1 Å². The Morgan fingerprint density at radius 1 is 0.412 bits per heavy atom. The molecule has 1 rings (SSSR count). The predicted octanol–water partition coefficient (Wildman–Crippen LogP) is 14.9. The van der Waals surface area contributed by atoms with Gasteiger partial charge in [-0.15, -0.1) is 0 Å². The van der Waals surface area contributed by atoms with Gasteiger partial charge in [-0.25, -0.2) is 0 Å². The highest BCUT2D eigenvalue weighted by molar-refractivity contribution is 5.73. The number of aliphatic hydroxyl groups is 4. The summed E-state index contributed by atoms with van der Waals surface area (Å²) in [6, 6.07) is 0. The van der Waals surface area contributed by atoms with Crippen molar-refractivity contribution in [2.24, 2.45) is 35.5 Å². The van der Waals surface area contributed by atoms with E-state index in [9.17, 15) is 132 Å². The molecule has 0 saturated heterocycles. The molecule has 0 aromatic carbocycles. The molecule has 0 aromatic heterocycles. The molecule has 0 amide bonds. The Bertz CT molecular complexity index is 1920. The zero-order valence-corrected chi connectivity index (χ0v) is 49.6. The van der Waals surface area contributed by atoms with Crippen molar-refractivity contribution in [2.75, 3.05) is 0 Å². The molecular weight excluding hydrogens is 1220 g/mol. The van der Waals surface area contributed by atoms with Crippen LogP contribution in [0.2, 0.25) is 0 Å². The first-order chi connectivity index (χ1) is 37.5. The van der Waals surface area contributed by atoms with Crippen LogP contribution in [0.15, 0.2) is 0 Å². The van der Waals surface area contributed by atoms with Gasteiger partial charge < -0.3 is 39.4 Å². The molecule has 7 unspecified atom stereocenters. The monoisotopic (exact) mass is 1300 g/mol. The van der Waals surface area contributed by atoms with Gasteiger partial charge in [0.05, 0.1) is 23.7 Å². The van der Waals surface area contributed by atoms with Crippen LogP contribution < -0.4 is 0 Å². The molecule has 0 bridgehead atoms. The van der Waals surface area contributed by atoms with E-state index in [4.69, 9.17) is 9.47 Å². The molecule has 0 heterocycles. The summed E-state index contributed by atoms with van der Waals surface area (Å²) in [5.74, 6) is -7.20. The first-order valence-corrected chi connectivity index (χ1v) is 26.7. The third-order valence-electron chi connectivity index (χ3n) is 14.3. The van der Waals surface area contributed by atoms with Crippen molar-refractivity contribution >= 4 is 23.9 Å². The second-order valence-corrected chi connectivity index (χ2v) is 22.6. The predicted molar refractivity (Wildman–Crippen MR) is 261 cm³/mol. The molecule has 33 heteroatoms. The third-order valence-corrected chi connectivity index (χ3v) is 14.3. The summed E-state index contributed by atoms with van der Waals surface area (Å²) in [6.45, 7) is 18.0. The summed E-state index contributed by atoms with van der Waals surface area (Å²) in [6.07, 6.45) is -41.4. The van der Waals surface area contributed by atoms with Crippen LogP contribution in [0.1, 0.15) is 181 Å². The van der Waals surface area contributed by atoms with Gasteiger partial charge in [0.15, 0.2) is 16.8 Å². The van der Waals surface area contributed by atoms with E-state index < -0.39 is 149 Å². The minimum atomic E-state index is -6.05. The molecule has 4 N–H and O–H groups in total. The van der Waals surface area contributed by atoms with Crippen molar-refractivity contribution in [2.45, 2.75) is 270 Å². The molecule has 508 valence electrons. The fourth-order valence-corrected chi connectivity index (χ4v) is 7.50. The number of ether oxygens (including phenoxy) is 4. The van der Waals surface area contributed by atoms with Gasteiger partial charge in [0.2, 0.25) is 0 Å². The molecule has 1 fully saturated rings.